The van der Waals surface area contributed by atoms with E-state index in [9.17, 15) is 18.0 Å². The number of aromatic nitrogens is 3. The van der Waals surface area contributed by atoms with Gasteiger partial charge in [-0.25, -0.2) is 4.79 Å². The van der Waals surface area contributed by atoms with E-state index in [-0.39, 0.29) is 18.8 Å². The van der Waals surface area contributed by atoms with Crippen LogP contribution in [0.2, 0.25) is 0 Å². The lowest BCUT2D eigenvalue weighted by Crippen LogP contribution is -2.14. The SMILES string of the molecule is CCOC(=O)c1cc(C(F)(F)F)nn1Cc1cncc(COC)c1. The van der Waals surface area contributed by atoms with Gasteiger partial charge in [-0.2, -0.15) is 18.3 Å². The fraction of sp³-hybridized carbons (Fsp3) is 0.400. The minimum Gasteiger partial charge on any atom is -0.461 e. The highest BCUT2D eigenvalue weighted by Gasteiger charge is 2.36. The van der Waals surface area contributed by atoms with E-state index in [0.717, 1.165) is 10.2 Å². The molecule has 0 fully saturated rings. The van der Waals surface area contributed by atoms with Crippen LogP contribution in [0.4, 0.5) is 13.2 Å². The predicted octanol–water partition coefficient (Wildman–Crippen LogP) is 2.67. The first-order chi connectivity index (χ1) is 11.3. The van der Waals surface area contributed by atoms with E-state index in [1.807, 2.05) is 0 Å². The molecule has 2 rings (SSSR count). The third-order valence-electron chi connectivity index (χ3n) is 3.05. The molecule has 2 aromatic rings. The fourth-order valence-corrected chi connectivity index (χ4v) is 2.09. The maximum Gasteiger partial charge on any atom is 0.435 e. The summed E-state index contributed by atoms with van der Waals surface area (Å²) in [7, 11) is 1.52. The van der Waals surface area contributed by atoms with Gasteiger partial charge in [0.15, 0.2) is 5.69 Å². The molecule has 0 amide bonds. The Labute approximate surface area is 136 Å². The minimum atomic E-state index is -4.65. The predicted molar refractivity (Wildman–Crippen MR) is 77.2 cm³/mol. The summed E-state index contributed by atoms with van der Waals surface area (Å²) < 4.78 is 49.4. The number of nitrogens with zero attached hydrogens (tertiary/aromatic N) is 3. The van der Waals surface area contributed by atoms with Gasteiger partial charge in [-0.1, -0.05) is 0 Å². The normalized spacial score (nSPS) is 11.5. The zero-order valence-corrected chi connectivity index (χ0v) is 13.1. The molecule has 0 bridgehead atoms. The Morgan fingerprint density at radius 2 is 1.96 bits per heavy atom. The third kappa shape index (κ3) is 4.31. The molecule has 0 radical (unpaired) electrons. The van der Waals surface area contributed by atoms with Crippen molar-refractivity contribution >= 4 is 5.97 Å². The van der Waals surface area contributed by atoms with Crippen LogP contribution in [0.3, 0.4) is 0 Å². The number of carbonyl (C=O) groups excluding carboxylic acids is 1. The standard InChI is InChI=1S/C15H16F3N3O3/c1-3-24-14(22)12-5-13(15(16,17)18)20-21(12)8-10-4-11(9-23-2)7-19-6-10/h4-7H,3,8-9H2,1-2H3. The van der Waals surface area contributed by atoms with Crippen molar-refractivity contribution in [2.75, 3.05) is 13.7 Å². The highest BCUT2D eigenvalue weighted by molar-refractivity contribution is 5.87. The van der Waals surface area contributed by atoms with Crippen molar-refractivity contribution in [3.8, 4) is 0 Å². The van der Waals surface area contributed by atoms with Gasteiger partial charge in [0.05, 0.1) is 19.8 Å². The monoisotopic (exact) mass is 343 g/mol. The molecule has 6 nitrogen and oxygen atoms in total. The molecule has 2 heterocycles. The molecular formula is C15H16F3N3O3. The summed E-state index contributed by atoms with van der Waals surface area (Å²) in [6, 6.07) is 2.41. The summed E-state index contributed by atoms with van der Waals surface area (Å²) in [5.74, 6) is -0.860. The minimum absolute atomic E-state index is 0.0468. The van der Waals surface area contributed by atoms with Crippen LogP contribution in [-0.4, -0.2) is 34.5 Å². The van der Waals surface area contributed by atoms with Crippen molar-refractivity contribution in [2.24, 2.45) is 0 Å². The van der Waals surface area contributed by atoms with Crippen molar-refractivity contribution < 1.29 is 27.4 Å². The topological polar surface area (TPSA) is 66.2 Å². The second-order valence-electron chi connectivity index (χ2n) is 4.93. The van der Waals surface area contributed by atoms with Crippen LogP contribution in [0.15, 0.2) is 24.5 Å². The van der Waals surface area contributed by atoms with E-state index >= 15 is 0 Å². The average molecular weight is 343 g/mol. The van der Waals surface area contributed by atoms with Gasteiger partial charge in [0.2, 0.25) is 0 Å². The van der Waals surface area contributed by atoms with Crippen LogP contribution < -0.4 is 0 Å². The summed E-state index contributed by atoms with van der Waals surface area (Å²) in [4.78, 5) is 15.9. The van der Waals surface area contributed by atoms with Crippen molar-refractivity contribution in [2.45, 2.75) is 26.3 Å². The lowest BCUT2D eigenvalue weighted by Gasteiger charge is -2.08. The van der Waals surface area contributed by atoms with Crippen LogP contribution in [-0.2, 0) is 28.8 Å². The van der Waals surface area contributed by atoms with Crippen LogP contribution in [0, 0.1) is 0 Å². The molecule has 0 saturated heterocycles. The molecule has 0 saturated carbocycles. The number of carbonyl (C=O) groups is 1. The Balaban J connectivity index is 2.35. The fourth-order valence-electron chi connectivity index (χ4n) is 2.09. The number of alkyl halides is 3. The number of ether oxygens (including phenoxy) is 2. The van der Waals surface area contributed by atoms with Crippen LogP contribution in [0.1, 0.15) is 34.2 Å². The Morgan fingerprint density at radius 1 is 1.25 bits per heavy atom. The summed E-state index contributed by atoms with van der Waals surface area (Å²) >= 11 is 0. The summed E-state index contributed by atoms with van der Waals surface area (Å²) in [6.07, 6.45) is -1.57. The Morgan fingerprint density at radius 3 is 2.58 bits per heavy atom. The number of pyridine rings is 1. The van der Waals surface area contributed by atoms with Crippen LogP contribution >= 0.6 is 0 Å². The molecule has 0 aliphatic rings. The van der Waals surface area contributed by atoms with Gasteiger partial charge in [-0.15, -0.1) is 0 Å². The van der Waals surface area contributed by atoms with Gasteiger partial charge in [0, 0.05) is 25.6 Å². The van der Waals surface area contributed by atoms with Crippen molar-refractivity contribution in [1.82, 2.24) is 14.8 Å². The van der Waals surface area contributed by atoms with Gasteiger partial charge < -0.3 is 9.47 Å². The Kier molecular flexibility index (Phi) is 5.55. The number of hydrogen-bond acceptors (Lipinski definition) is 5. The van der Waals surface area contributed by atoms with E-state index in [0.29, 0.717) is 18.2 Å². The summed E-state index contributed by atoms with van der Waals surface area (Å²) in [5, 5.41) is 3.49. The number of esters is 1. The average Bonchev–Trinajstić information content (AvgIpc) is 2.92. The van der Waals surface area contributed by atoms with Gasteiger partial charge >= 0.3 is 12.1 Å². The first-order valence-electron chi connectivity index (χ1n) is 7.09. The second-order valence-corrected chi connectivity index (χ2v) is 4.93. The van der Waals surface area contributed by atoms with Crippen molar-refractivity contribution in [3.63, 3.8) is 0 Å². The van der Waals surface area contributed by atoms with Gasteiger partial charge in [-0.05, 0) is 24.1 Å². The van der Waals surface area contributed by atoms with E-state index in [4.69, 9.17) is 9.47 Å². The van der Waals surface area contributed by atoms with Crippen molar-refractivity contribution in [1.29, 1.82) is 0 Å². The molecule has 0 spiro atoms. The highest BCUT2D eigenvalue weighted by atomic mass is 19.4. The molecule has 130 valence electrons. The van der Waals surface area contributed by atoms with E-state index < -0.39 is 17.8 Å². The Bertz CT molecular complexity index is 713. The highest BCUT2D eigenvalue weighted by Crippen LogP contribution is 2.29. The lowest BCUT2D eigenvalue weighted by molar-refractivity contribution is -0.141. The smallest absolute Gasteiger partial charge is 0.435 e. The first-order valence-corrected chi connectivity index (χ1v) is 7.09. The molecule has 0 atom stereocenters. The zero-order chi connectivity index (χ0) is 17.7. The molecule has 24 heavy (non-hydrogen) atoms. The molecule has 0 aliphatic heterocycles. The number of hydrogen-bond donors (Lipinski definition) is 0. The van der Waals surface area contributed by atoms with Crippen molar-refractivity contribution in [3.05, 3.63) is 47.0 Å². The zero-order valence-electron chi connectivity index (χ0n) is 13.1. The Hall–Kier alpha value is -2.42. The number of methoxy groups -OCH3 is 1. The van der Waals surface area contributed by atoms with E-state index in [1.165, 1.54) is 13.3 Å². The third-order valence-corrected chi connectivity index (χ3v) is 3.05. The van der Waals surface area contributed by atoms with Gasteiger partial charge in [0.1, 0.15) is 5.69 Å². The first kappa shape index (κ1) is 17.9. The molecule has 0 N–H and O–H groups in total. The maximum atomic E-state index is 12.9. The quantitative estimate of drug-likeness (QED) is 0.755. The second kappa shape index (κ2) is 7.43. The lowest BCUT2D eigenvalue weighted by atomic mass is 10.2. The molecular weight excluding hydrogens is 327 g/mol. The number of rotatable bonds is 6. The van der Waals surface area contributed by atoms with Crippen LogP contribution in [0.5, 0.6) is 0 Å². The summed E-state index contributed by atoms with van der Waals surface area (Å²) in [6.45, 7) is 1.89. The van der Waals surface area contributed by atoms with E-state index in [2.05, 4.69) is 10.1 Å². The summed E-state index contributed by atoms with van der Waals surface area (Å²) in [5.41, 5.74) is -0.0595. The molecule has 0 aromatic carbocycles. The van der Waals surface area contributed by atoms with Gasteiger partial charge in [-0.3, -0.25) is 9.67 Å². The molecule has 0 aliphatic carbocycles. The molecule has 2 aromatic heterocycles. The largest absolute Gasteiger partial charge is 0.461 e. The van der Waals surface area contributed by atoms with Crippen LogP contribution in [0.25, 0.3) is 0 Å². The maximum absolute atomic E-state index is 12.9. The van der Waals surface area contributed by atoms with E-state index in [1.54, 1.807) is 19.2 Å². The molecule has 9 heteroatoms. The molecule has 0 unspecified atom stereocenters. The van der Waals surface area contributed by atoms with Gasteiger partial charge in [0.25, 0.3) is 0 Å². The number of halogens is 3.